The highest BCUT2D eigenvalue weighted by Gasteiger charge is 2.09. The molecule has 2 nitrogen and oxygen atoms in total. The van der Waals surface area contributed by atoms with Crippen LogP contribution in [-0.2, 0) is 7.05 Å². The molecular weight excluding hydrogens is 173 g/mol. The highest BCUT2D eigenvalue weighted by atomic mass is 16.1. The Balaban J connectivity index is 0.00000169. The number of nitrogens with zero attached hydrogens (tertiary/aromatic N) is 1. The van der Waals surface area contributed by atoms with Crippen LogP contribution in [-0.4, -0.2) is 13.0 Å². The van der Waals surface area contributed by atoms with Gasteiger partial charge in [-0.15, -0.1) is 0 Å². The van der Waals surface area contributed by atoms with Gasteiger partial charge in [0.05, 0.1) is 0 Å². The van der Waals surface area contributed by atoms with Crippen molar-refractivity contribution in [2.45, 2.75) is 33.6 Å². The summed E-state index contributed by atoms with van der Waals surface area (Å²) < 4.78 is 1.66. The molecule has 0 aromatic carbocycles. The molecule has 3 heteroatoms. The van der Waals surface area contributed by atoms with Crippen LogP contribution in [0.5, 0.6) is 0 Å². The van der Waals surface area contributed by atoms with Gasteiger partial charge in [-0.1, -0.05) is 13.8 Å². The van der Waals surface area contributed by atoms with E-state index in [-0.39, 0.29) is 14.0 Å². The van der Waals surface area contributed by atoms with Gasteiger partial charge in [0.25, 0.3) is 5.56 Å². The van der Waals surface area contributed by atoms with Crippen LogP contribution in [0.25, 0.3) is 0 Å². The molecule has 75 valence electrons. The molecule has 0 atom stereocenters. The lowest BCUT2D eigenvalue weighted by Gasteiger charge is -2.13. The third kappa shape index (κ3) is 2.09. The maximum absolute atomic E-state index is 11.5. The molecule has 0 fully saturated rings. The largest absolute Gasteiger partial charge is 0.318 e. The maximum atomic E-state index is 11.5. The number of aryl methyl sites for hydroxylation is 1. The fraction of sp³-hybridized carbons (Fsp3) is 0.545. The smallest absolute Gasteiger partial charge is 0.253 e. The first-order valence-electron chi connectivity index (χ1n) is 4.62. The average Bonchev–Trinajstić information content (AvgIpc) is 2.07. The van der Waals surface area contributed by atoms with Gasteiger partial charge in [-0.25, -0.2) is 0 Å². The number of hydrogen-bond donors (Lipinski definition) is 0. The van der Waals surface area contributed by atoms with Gasteiger partial charge < -0.3 is 4.57 Å². The molecule has 14 heavy (non-hydrogen) atoms. The number of hydrogen-bond acceptors (Lipinski definition) is 1. The van der Waals surface area contributed by atoms with Gasteiger partial charge >= 0.3 is 0 Å². The van der Waals surface area contributed by atoms with E-state index in [0.29, 0.717) is 5.92 Å². The normalized spacial score (nSPS) is 10.1. The highest BCUT2D eigenvalue weighted by molar-refractivity contribution is 5.75. The third-order valence-electron chi connectivity index (χ3n) is 2.59. The SMILES string of the molecule is Cc1c(C(C)C)cn(C)c(=O)c1C.[B]. The summed E-state index contributed by atoms with van der Waals surface area (Å²) in [6.07, 6.45) is 1.94. The second kappa shape index (κ2) is 4.49. The van der Waals surface area contributed by atoms with Crippen LogP contribution in [0.1, 0.15) is 36.5 Å². The van der Waals surface area contributed by atoms with Crippen LogP contribution in [0.2, 0.25) is 0 Å². The first-order valence-corrected chi connectivity index (χ1v) is 4.62. The van der Waals surface area contributed by atoms with E-state index in [4.69, 9.17) is 0 Å². The summed E-state index contributed by atoms with van der Waals surface area (Å²) in [5.41, 5.74) is 3.38. The Morgan fingerprint density at radius 1 is 1.21 bits per heavy atom. The Labute approximate surface area is 87.5 Å². The lowest BCUT2D eigenvalue weighted by molar-refractivity contribution is 0.776. The number of pyridine rings is 1. The van der Waals surface area contributed by atoms with Crippen molar-refractivity contribution in [1.82, 2.24) is 4.57 Å². The van der Waals surface area contributed by atoms with Gasteiger partial charge in [0.15, 0.2) is 0 Å². The van der Waals surface area contributed by atoms with Crippen molar-refractivity contribution < 1.29 is 0 Å². The molecule has 0 amide bonds. The van der Waals surface area contributed by atoms with Crippen molar-refractivity contribution in [3.05, 3.63) is 33.2 Å². The lowest BCUT2D eigenvalue weighted by Crippen LogP contribution is -2.21. The first kappa shape index (κ1) is 13.0. The summed E-state index contributed by atoms with van der Waals surface area (Å²) in [5, 5.41) is 0. The van der Waals surface area contributed by atoms with Gasteiger partial charge in [-0.3, -0.25) is 4.79 Å². The molecule has 0 aliphatic carbocycles. The Hall–Kier alpha value is -0.985. The van der Waals surface area contributed by atoms with Gasteiger partial charge in [-0.05, 0) is 30.9 Å². The van der Waals surface area contributed by atoms with Crippen LogP contribution < -0.4 is 5.56 Å². The van der Waals surface area contributed by atoms with Crippen LogP contribution in [0.3, 0.4) is 0 Å². The predicted molar refractivity (Wildman–Crippen MR) is 61.0 cm³/mol. The van der Waals surface area contributed by atoms with Gasteiger partial charge in [-0.2, -0.15) is 0 Å². The summed E-state index contributed by atoms with van der Waals surface area (Å²) in [5.74, 6) is 0.477. The topological polar surface area (TPSA) is 22.0 Å². The first-order chi connectivity index (χ1) is 5.95. The van der Waals surface area contributed by atoms with E-state index in [9.17, 15) is 4.79 Å². The van der Waals surface area contributed by atoms with E-state index < -0.39 is 0 Å². The predicted octanol–water partition coefficient (Wildman–Crippen LogP) is 1.74. The van der Waals surface area contributed by atoms with E-state index in [1.165, 1.54) is 5.56 Å². The molecule has 0 unspecified atom stereocenters. The monoisotopic (exact) mass is 190 g/mol. The van der Waals surface area contributed by atoms with Crippen LogP contribution in [0.4, 0.5) is 0 Å². The molecule has 0 bridgehead atoms. The quantitative estimate of drug-likeness (QED) is 0.618. The summed E-state index contributed by atoms with van der Waals surface area (Å²) in [4.78, 5) is 11.5. The maximum Gasteiger partial charge on any atom is 0.253 e. The molecule has 1 rings (SSSR count). The van der Waals surface area contributed by atoms with Gasteiger partial charge in [0.2, 0.25) is 0 Å². The standard InChI is InChI=1S/C11H17NO.B/c1-7(2)10-6-12(5)11(13)9(4)8(10)3;/h6-7H,1-5H3;. The average molecular weight is 190 g/mol. The number of rotatable bonds is 1. The fourth-order valence-electron chi connectivity index (χ4n) is 1.59. The van der Waals surface area contributed by atoms with Gasteiger partial charge in [0.1, 0.15) is 0 Å². The van der Waals surface area contributed by atoms with Crippen molar-refractivity contribution in [2.75, 3.05) is 0 Å². The fourth-order valence-corrected chi connectivity index (χ4v) is 1.59. The molecule has 0 aliphatic rings. The third-order valence-corrected chi connectivity index (χ3v) is 2.59. The van der Waals surface area contributed by atoms with E-state index >= 15 is 0 Å². The van der Waals surface area contributed by atoms with E-state index in [1.54, 1.807) is 11.6 Å². The molecule has 1 aromatic heterocycles. The Kier molecular flexibility index (Phi) is 4.18. The molecule has 0 aliphatic heterocycles. The number of aromatic nitrogens is 1. The van der Waals surface area contributed by atoms with Crippen molar-refractivity contribution in [1.29, 1.82) is 0 Å². The molecule has 3 radical (unpaired) electrons. The minimum Gasteiger partial charge on any atom is -0.318 e. The molecule has 0 N–H and O–H groups in total. The Morgan fingerprint density at radius 3 is 2.14 bits per heavy atom. The van der Waals surface area contributed by atoms with Crippen molar-refractivity contribution >= 4 is 8.41 Å². The van der Waals surface area contributed by atoms with Crippen LogP contribution in [0.15, 0.2) is 11.0 Å². The van der Waals surface area contributed by atoms with Crippen molar-refractivity contribution in [2.24, 2.45) is 7.05 Å². The van der Waals surface area contributed by atoms with Gasteiger partial charge in [0, 0.05) is 27.2 Å². The Morgan fingerprint density at radius 2 is 1.71 bits per heavy atom. The summed E-state index contributed by atoms with van der Waals surface area (Å²) in [6.45, 7) is 8.20. The van der Waals surface area contributed by atoms with Crippen LogP contribution in [0, 0.1) is 13.8 Å². The minimum absolute atomic E-state index is 0. The summed E-state index contributed by atoms with van der Waals surface area (Å²) in [7, 11) is 1.81. The Bertz CT molecular complexity index is 380. The molecule has 0 spiro atoms. The van der Waals surface area contributed by atoms with E-state index in [0.717, 1.165) is 11.1 Å². The second-order valence-electron chi connectivity index (χ2n) is 3.91. The zero-order valence-corrected chi connectivity index (χ0v) is 9.59. The second-order valence-corrected chi connectivity index (χ2v) is 3.91. The summed E-state index contributed by atoms with van der Waals surface area (Å²) >= 11 is 0. The molecule has 0 saturated carbocycles. The van der Waals surface area contributed by atoms with Crippen molar-refractivity contribution in [3.8, 4) is 0 Å². The molecule has 0 saturated heterocycles. The molecule has 1 heterocycles. The minimum atomic E-state index is 0. The zero-order valence-electron chi connectivity index (χ0n) is 9.59. The van der Waals surface area contributed by atoms with Crippen LogP contribution >= 0.6 is 0 Å². The highest BCUT2D eigenvalue weighted by Crippen LogP contribution is 2.18. The lowest BCUT2D eigenvalue weighted by atomic mass is 9.97. The van der Waals surface area contributed by atoms with E-state index in [2.05, 4.69) is 13.8 Å². The zero-order chi connectivity index (χ0) is 10.2. The van der Waals surface area contributed by atoms with E-state index in [1.807, 2.05) is 20.0 Å². The molecule has 1 aromatic rings. The summed E-state index contributed by atoms with van der Waals surface area (Å²) in [6, 6.07) is 0. The van der Waals surface area contributed by atoms with Crippen molar-refractivity contribution in [3.63, 3.8) is 0 Å². The molecular formula is C11H17BNO.